The first kappa shape index (κ1) is 17.7. The summed E-state index contributed by atoms with van der Waals surface area (Å²) < 4.78 is 15.6. The molecule has 0 aliphatic carbocycles. The second kappa shape index (κ2) is 7.87. The van der Waals surface area contributed by atoms with Gasteiger partial charge in [-0.25, -0.2) is 9.07 Å². The summed E-state index contributed by atoms with van der Waals surface area (Å²) in [7, 11) is 0. The van der Waals surface area contributed by atoms with Gasteiger partial charge in [0.05, 0.1) is 5.69 Å². The van der Waals surface area contributed by atoms with Gasteiger partial charge in [0.15, 0.2) is 0 Å². The van der Waals surface area contributed by atoms with Crippen molar-refractivity contribution in [3.63, 3.8) is 0 Å². The van der Waals surface area contributed by atoms with Gasteiger partial charge in [0.25, 0.3) is 5.91 Å². The third kappa shape index (κ3) is 3.85. The molecule has 0 unspecified atom stereocenters. The molecule has 0 bridgehead atoms. The number of amides is 1. The molecule has 3 aromatic rings. The Morgan fingerprint density at radius 3 is 2.85 bits per heavy atom. The summed E-state index contributed by atoms with van der Waals surface area (Å²) in [6.45, 7) is 1.24. The minimum Gasteiger partial charge on any atom is -0.338 e. The number of carbonyl (C=O) groups excluding carboxylic acids is 1. The van der Waals surface area contributed by atoms with Crippen molar-refractivity contribution >= 4 is 17.7 Å². The van der Waals surface area contributed by atoms with Crippen LogP contribution in [0.15, 0.2) is 54.9 Å². The summed E-state index contributed by atoms with van der Waals surface area (Å²) in [5, 5.41) is 11.2. The maximum Gasteiger partial charge on any atom is 0.253 e. The summed E-state index contributed by atoms with van der Waals surface area (Å²) in [6, 6.07) is 14.1. The number of rotatable bonds is 3. The SMILES string of the molecule is O=C(c1cccc(-n2cnnn2)c1)N1CCS[C@H](c2ccccc2F)CC1. The summed E-state index contributed by atoms with van der Waals surface area (Å²) >= 11 is 1.70. The lowest BCUT2D eigenvalue weighted by molar-refractivity contribution is 0.0766. The van der Waals surface area contributed by atoms with Crippen LogP contribution in [-0.2, 0) is 0 Å². The van der Waals surface area contributed by atoms with Gasteiger partial charge in [-0.2, -0.15) is 11.8 Å². The van der Waals surface area contributed by atoms with Crippen molar-refractivity contribution in [3.05, 3.63) is 71.8 Å². The molecule has 1 aliphatic rings. The van der Waals surface area contributed by atoms with E-state index < -0.39 is 0 Å². The molecule has 1 saturated heterocycles. The number of thioether (sulfide) groups is 1. The highest BCUT2D eigenvalue weighted by Crippen LogP contribution is 2.35. The van der Waals surface area contributed by atoms with Crippen LogP contribution in [0.2, 0.25) is 0 Å². The van der Waals surface area contributed by atoms with Crippen LogP contribution in [0.4, 0.5) is 4.39 Å². The van der Waals surface area contributed by atoms with E-state index in [0.29, 0.717) is 18.7 Å². The maximum absolute atomic E-state index is 14.1. The number of tetrazole rings is 1. The molecular weight excluding hydrogens is 365 g/mol. The normalized spacial score (nSPS) is 17.5. The first-order valence-electron chi connectivity index (χ1n) is 8.71. The van der Waals surface area contributed by atoms with Crippen LogP contribution in [0, 0.1) is 5.82 Å². The fourth-order valence-electron chi connectivity index (χ4n) is 3.20. The quantitative estimate of drug-likeness (QED) is 0.695. The Labute approximate surface area is 160 Å². The van der Waals surface area contributed by atoms with E-state index >= 15 is 0 Å². The molecule has 138 valence electrons. The van der Waals surface area contributed by atoms with E-state index in [1.807, 2.05) is 29.2 Å². The van der Waals surface area contributed by atoms with Crippen LogP contribution < -0.4 is 0 Å². The van der Waals surface area contributed by atoms with E-state index in [9.17, 15) is 9.18 Å². The lowest BCUT2D eigenvalue weighted by Gasteiger charge is -2.20. The Bertz CT molecular complexity index is 933. The van der Waals surface area contributed by atoms with Gasteiger partial charge < -0.3 is 4.90 Å². The molecule has 0 N–H and O–H groups in total. The molecule has 1 atom stereocenters. The molecule has 0 saturated carbocycles. The fourth-order valence-corrected chi connectivity index (χ4v) is 4.45. The topological polar surface area (TPSA) is 63.9 Å². The Hall–Kier alpha value is -2.74. The average molecular weight is 383 g/mol. The Balaban J connectivity index is 1.49. The standard InChI is InChI=1S/C19H18FN5OS/c20-17-7-2-1-6-16(17)18-8-9-24(10-11-27-18)19(26)14-4-3-5-15(12-14)25-13-21-22-23-25/h1-7,12-13,18H,8-11H2/t18-/m0/s1. The minimum absolute atomic E-state index is 0.0280. The number of aromatic nitrogens is 4. The lowest BCUT2D eigenvalue weighted by atomic mass is 10.1. The Kier molecular flexibility index (Phi) is 5.15. The molecule has 27 heavy (non-hydrogen) atoms. The van der Waals surface area contributed by atoms with E-state index in [4.69, 9.17) is 0 Å². The van der Waals surface area contributed by atoms with Crippen LogP contribution in [0.25, 0.3) is 5.69 Å². The van der Waals surface area contributed by atoms with Crippen molar-refractivity contribution in [1.29, 1.82) is 0 Å². The van der Waals surface area contributed by atoms with Crippen molar-refractivity contribution in [2.24, 2.45) is 0 Å². The molecule has 0 radical (unpaired) electrons. The molecule has 0 spiro atoms. The smallest absolute Gasteiger partial charge is 0.253 e. The molecule has 2 aromatic carbocycles. The first-order chi connectivity index (χ1) is 13.2. The van der Waals surface area contributed by atoms with Crippen LogP contribution in [0.5, 0.6) is 0 Å². The molecule has 8 heteroatoms. The van der Waals surface area contributed by atoms with Gasteiger partial charge in [-0.05, 0) is 41.1 Å². The number of nitrogens with zero attached hydrogens (tertiary/aromatic N) is 5. The predicted octanol–water partition coefficient (Wildman–Crippen LogP) is 3.12. The van der Waals surface area contributed by atoms with Gasteiger partial charge in [0.2, 0.25) is 0 Å². The number of carbonyl (C=O) groups is 1. The van der Waals surface area contributed by atoms with E-state index in [1.54, 1.807) is 30.0 Å². The zero-order valence-corrected chi connectivity index (χ0v) is 15.3. The zero-order valence-electron chi connectivity index (χ0n) is 14.5. The maximum atomic E-state index is 14.1. The molecule has 6 nitrogen and oxygen atoms in total. The van der Waals surface area contributed by atoms with Crippen LogP contribution >= 0.6 is 11.8 Å². The second-order valence-electron chi connectivity index (χ2n) is 6.27. The van der Waals surface area contributed by atoms with E-state index in [0.717, 1.165) is 23.4 Å². The van der Waals surface area contributed by atoms with Crippen LogP contribution in [0.1, 0.15) is 27.6 Å². The Morgan fingerprint density at radius 1 is 1.15 bits per heavy atom. The highest BCUT2D eigenvalue weighted by molar-refractivity contribution is 7.99. The highest BCUT2D eigenvalue weighted by Gasteiger charge is 2.24. The molecule has 4 rings (SSSR count). The third-order valence-corrected chi connectivity index (χ3v) is 5.90. The molecule has 1 aromatic heterocycles. The molecule has 1 amide bonds. The molecule has 1 fully saturated rings. The molecular formula is C19H18FN5OS. The van der Waals surface area contributed by atoms with Crippen molar-refractivity contribution < 1.29 is 9.18 Å². The fraction of sp³-hybridized carbons (Fsp3) is 0.263. The number of hydrogen-bond acceptors (Lipinski definition) is 5. The third-order valence-electron chi connectivity index (χ3n) is 4.59. The van der Waals surface area contributed by atoms with Crippen molar-refractivity contribution in [2.45, 2.75) is 11.7 Å². The van der Waals surface area contributed by atoms with Gasteiger partial charge in [-0.3, -0.25) is 4.79 Å². The highest BCUT2D eigenvalue weighted by atomic mass is 32.2. The first-order valence-corrected chi connectivity index (χ1v) is 9.76. The summed E-state index contributed by atoms with van der Waals surface area (Å²) in [5.41, 5.74) is 2.05. The monoisotopic (exact) mass is 383 g/mol. The second-order valence-corrected chi connectivity index (χ2v) is 7.58. The van der Waals surface area contributed by atoms with Crippen LogP contribution in [-0.4, -0.2) is 49.9 Å². The van der Waals surface area contributed by atoms with Crippen molar-refractivity contribution in [3.8, 4) is 5.69 Å². The largest absolute Gasteiger partial charge is 0.338 e. The van der Waals surface area contributed by atoms with Gasteiger partial charge in [0.1, 0.15) is 12.1 Å². The van der Waals surface area contributed by atoms with E-state index in [1.165, 1.54) is 17.1 Å². The molecule has 1 aliphatic heterocycles. The predicted molar refractivity (Wildman–Crippen MR) is 101 cm³/mol. The van der Waals surface area contributed by atoms with Gasteiger partial charge >= 0.3 is 0 Å². The summed E-state index contributed by atoms with van der Waals surface area (Å²) in [6.07, 6.45) is 2.22. The van der Waals surface area contributed by atoms with E-state index in [-0.39, 0.29) is 17.0 Å². The molecule has 2 heterocycles. The lowest BCUT2D eigenvalue weighted by Crippen LogP contribution is -2.33. The zero-order chi connectivity index (χ0) is 18.6. The minimum atomic E-state index is -0.177. The summed E-state index contributed by atoms with van der Waals surface area (Å²) in [4.78, 5) is 14.8. The summed E-state index contributed by atoms with van der Waals surface area (Å²) in [5.74, 6) is 0.570. The van der Waals surface area contributed by atoms with Crippen LogP contribution in [0.3, 0.4) is 0 Å². The average Bonchev–Trinajstić information content (AvgIpc) is 3.13. The van der Waals surface area contributed by atoms with Gasteiger partial charge in [-0.1, -0.05) is 24.3 Å². The number of halogens is 1. The van der Waals surface area contributed by atoms with Crippen molar-refractivity contribution in [1.82, 2.24) is 25.1 Å². The van der Waals surface area contributed by atoms with E-state index in [2.05, 4.69) is 15.5 Å². The number of benzene rings is 2. The van der Waals surface area contributed by atoms with Gasteiger partial charge in [-0.15, -0.1) is 5.10 Å². The van der Waals surface area contributed by atoms with Crippen molar-refractivity contribution in [2.75, 3.05) is 18.8 Å². The Morgan fingerprint density at radius 2 is 2.04 bits per heavy atom. The van der Waals surface area contributed by atoms with Gasteiger partial charge in [0, 0.05) is 35.2 Å². The number of hydrogen-bond donors (Lipinski definition) is 0.